The Balaban J connectivity index is 1.76. The number of nitrogens with one attached hydrogen (secondary N) is 1. The average Bonchev–Trinajstić information content (AvgIpc) is 2.41. The van der Waals surface area contributed by atoms with Crippen LogP contribution in [0.25, 0.3) is 0 Å². The Morgan fingerprint density at radius 3 is 2.33 bits per heavy atom. The van der Waals surface area contributed by atoms with Gasteiger partial charge in [0.1, 0.15) is 0 Å². The minimum absolute atomic E-state index is 0.0376. The lowest BCUT2D eigenvalue weighted by Gasteiger charge is -2.40. The zero-order valence-electron chi connectivity index (χ0n) is 12.1. The van der Waals surface area contributed by atoms with Gasteiger partial charge in [-0.05, 0) is 77.0 Å². The van der Waals surface area contributed by atoms with Crippen molar-refractivity contribution in [2.75, 3.05) is 33.3 Å². The average molecular weight is 254 g/mol. The number of hydrogen-bond acceptors (Lipinski definition) is 3. The van der Waals surface area contributed by atoms with Crippen molar-refractivity contribution in [1.29, 1.82) is 0 Å². The first-order valence-corrected chi connectivity index (χ1v) is 7.68. The molecule has 2 fully saturated rings. The quantitative estimate of drug-likeness (QED) is 0.804. The molecule has 0 bridgehead atoms. The first-order chi connectivity index (χ1) is 8.63. The van der Waals surface area contributed by atoms with Crippen LogP contribution >= 0.6 is 0 Å². The van der Waals surface area contributed by atoms with Gasteiger partial charge in [0.2, 0.25) is 0 Å². The third-order valence-corrected chi connectivity index (χ3v) is 5.14. The van der Waals surface area contributed by atoms with Crippen molar-refractivity contribution < 1.29 is 5.11 Å². The van der Waals surface area contributed by atoms with Gasteiger partial charge in [-0.2, -0.15) is 0 Å². The fourth-order valence-corrected chi connectivity index (χ4v) is 3.33. The Hall–Kier alpha value is -0.120. The van der Waals surface area contributed by atoms with Crippen molar-refractivity contribution in [3.8, 4) is 0 Å². The minimum atomic E-state index is 0.0376. The lowest BCUT2D eigenvalue weighted by atomic mass is 9.77. The number of likely N-dealkylation sites (tertiary alicyclic amines) is 1. The zero-order chi connectivity index (χ0) is 13.0. The number of hydrogen-bond donors (Lipinski definition) is 2. The lowest BCUT2D eigenvalue weighted by Crippen LogP contribution is -2.52. The Bertz CT molecular complexity index is 241. The van der Waals surface area contributed by atoms with Crippen LogP contribution in [-0.2, 0) is 0 Å². The summed E-state index contributed by atoms with van der Waals surface area (Å²) in [6, 6.07) is 0. The normalized spacial score (nSPS) is 35.8. The van der Waals surface area contributed by atoms with Gasteiger partial charge >= 0.3 is 0 Å². The van der Waals surface area contributed by atoms with Crippen molar-refractivity contribution >= 4 is 0 Å². The van der Waals surface area contributed by atoms with Gasteiger partial charge in [0.05, 0.1) is 6.61 Å². The number of nitrogens with zero attached hydrogens (tertiary/aromatic N) is 1. The monoisotopic (exact) mass is 254 g/mol. The van der Waals surface area contributed by atoms with E-state index in [1.165, 1.54) is 38.8 Å². The molecule has 0 atom stereocenters. The first kappa shape index (κ1) is 14.3. The van der Waals surface area contributed by atoms with Gasteiger partial charge in [-0.1, -0.05) is 6.92 Å². The maximum atomic E-state index is 9.73. The van der Waals surface area contributed by atoms with Crippen LogP contribution in [0.5, 0.6) is 0 Å². The van der Waals surface area contributed by atoms with Crippen LogP contribution in [0, 0.1) is 11.8 Å². The Labute approximate surface area is 112 Å². The predicted molar refractivity (Wildman–Crippen MR) is 75.7 cm³/mol. The summed E-state index contributed by atoms with van der Waals surface area (Å²) in [5.74, 6) is 1.65. The molecule has 2 aliphatic rings. The maximum absolute atomic E-state index is 9.73. The second kappa shape index (κ2) is 6.36. The van der Waals surface area contributed by atoms with E-state index < -0.39 is 0 Å². The highest BCUT2D eigenvalue weighted by Crippen LogP contribution is 2.32. The van der Waals surface area contributed by atoms with Gasteiger partial charge in [-0.25, -0.2) is 0 Å². The van der Waals surface area contributed by atoms with Crippen LogP contribution < -0.4 is 5.32 Å². The van der Waals surface area contributed by atoms with E-state index in [1.54, 1.807) is 0 Å². The molecule has 0 spiro atoms. The highest BCUT2D eigenvalue weighted by molar-refractivity contribution is 4.92. The van der Waals surface area contributed by atoms with E-state index in [0.29, 0.717) is 6.61 Å². The number of rotatable bonds is 4. The van der Waals surface area contributed by atoms with Crippen molar-refractivity contribution in [3.05, 3.63) is 0 Å². The van der Waals surface area contributed by atoms with Crippen molar-refractivity contribution in [3.63, 3.8) is 0 Å². The second-order valence-corrected chi connectivity index (χ2v) is 6.75. The maximum Gasteiger partial charge on any atom is 0.0613 e. The van der Waals surface area contributed by atoms with E-state index in [2.05, 4.69) is 24.2 Å². The molecule has 2 N–H and O–H groups in total. The summed E-state index contributed by atoms with van der Waals surface area (Å²) in [6.45, 7) is 6.21. The Kier molecular flexibility index (Phi) is 5.05. The van der Waals surface area contributed by atoms with Crippen molar-refractivity contribution in [2.45, 2.75) is 51.0 Å². The summed E-state index contributed by atoms with van der Waals surface area (Å²) in [6.07, 6.45) is 7.44. The van der Waals surface area contributed by atoms with Gasteiger partial charge in [0, 0.05) is 5.54 Å². The van der Waals surface area contributed by atoms with Gasteiger partial charge in [0.25, 0.3) is 0 Å². The topological polar surface area (TPSA) is 35.5 Å². The largest absolute Gasteiger partial charge is 0.394 e. The number of aliphatic hydroxyl groups excluding tert-OH is 1. The summed E-state index contributed by atoms with van der Waals surface area (Å²) < 4.78 is 0. The molecule has 3 nitrogen and oxygen atoms in total. The molecule has 1 aliphatic carbocycles. The van der Waals surface area contributed by atoms with Crippen LogP contribution in [0.3, 0.4) is 0 Å². The Morgan fingerprint density at radius 1 is 1.17 bits per heavy atom. The lowest BCUT2D eigenvalue weighted by molar-refractivity contribution is 0.0956. The molecule has 2 rings (SSSR count). The van der Waals surface area contributed by atoms with Crippen LogP contribution in [0.4, 0.5) is 0 Å². The standard InChI is InChI=1S/C15H30N2O/c1-13-3-7-15(12-18,8-4-13)16-11-14-5-9-17(2)10-6-14/h13-14,16,18H,3-12H2,1-2H3. The summed E-state index contributed by atoms with van der Waals surface area (Å²) in [5.41, 5.74) is 0.0376. The Morgan fingerprint density at radius 2 is 1.78 bits per heavy atom. The molecule has 106 valence electrons. The van der Waals surface area contributed by atoms with E-state index in [1.807, 2.05) is 0 Å². The van der Waals surface area contributed by atoms with E-state index >= 15 is 0 Å². The molecule has 3 heteroatoms. The fraction of sp³-hybridized carbons (Fsp3) is 1.00. The summed E-state index contributed by atoms with van der Waals surface area (Å²) in [5, 5.41) is 13.4. The van der Waals surface area contributed by atoms with Crippen LogP contribution in [0.1, 0.15) is 45.4 Å². The van der Waals surface area contributed by atoms with Gasteiger partial charge in [-0.3, -0.25) is 0 Å². The molecule has 0 aromatic heterocycles. The molecule has 1 heterocycles. The SMILES string of the molecule is CC1CCC(CO)(NCC2CCN(C)CC2)CC1. The number of aliphatic hydroxyl groups is 1. The molecule has 0 radical (unpaired) electrons. The second-order valence-electron chi connectivity index (χ2n) is 6.75. The molecule has 1 saturated carbocycles. The van der Waals surface area contributed by atoms with Crippen LogP contribution in [0.2, 0.25) is 0 Å². The van der Waals surface area contributed by atoms with E-state index in [0.717, 1.165) is 31.2 Å². The summed E-state index contributed by atoms with van der Waals surface area (Å²) in [7, 11) is 2.21. The van der Waals surface area contributed by atoms with Crippen molar-refractivity contribution in [2.24, 2.45) is 11.8 Å². The van der Waals surface area contributed by atoms with Crippen LogP contribution in [0.15, 0.2) is 0 Å². The smallest absolute Gasteiger partial charge is 0.0613 e. The van der Waals surface area contributed by atoms with E-state index in [9.17, 15) is 5.11 Å². The minimum Gasteiger partial charge on any atom is -0.394 e. The molecule has 0 unspecified atom stereocenters. The van der Waals surface area contributed by atoms with Gasteiger partial charge < -0.3 is 15.3 Å². The van der Waals surface area contributed by atoms with Gasteiger partial charge in [-0.15, -0.1) is 0 Å². The highest BCUT2D eigenvalue weighted by atomic mass is 16.3. The fourth-order valence-electron chi connectivity index (χ4n) is 3.33. The van der Waals surface area contributed by atoms with Crippen LogP contribution in [-0.4, -0.2) is 48.8 Å². The summed E-state index contributed by atoms with van der Waals surface area (Å²) in [4.78, 5) is 2.42. The predicted octanol–water partition coefficient (Wildman–Crippen LogP) is 1.86. The zero-order valence-corrected chi connectivity index (χ0v) is 12.1. The molecule has 0 aromatic carbocycles. The van der Waals surface area contributed by atoms with E-state index in [-0.39, 0.29) is 5.54 Å². The molecule has 1 aliphatic heterocycles. The van der Waals surface area contributed by atoms with Crippen molar-refractivity contribution in [1.82, 2.24) is 10.2 Å². The first-order valence-electron chi connectivity index (χ1n) is 7.68. The van der Waals surface area contributed by atoms with Gasteiger partial charge in [0.15, 0.2) is 0 Å². The summed E-state index contributed by atoms with van der Waals surface area (Å²) >= 11 is 0. The molecule has 18 heavy (non-hydrogen) atoms. The third kappa shape index (κ3) is 3.69. The molecule has 0 aromatic rings. The number of piperidine rings is 1. The third-order valence-electron chi connectivity index (χ3n) is 5.14. The molecule has 1 saturated heterocycles. The molecule has 0 amide bonds. The molecular weight excluding hydrogens is 224 g/mol. The van der Waals surface area contributed by atoms with E-state index in [4.69, 9.17) is 0 Å². The molecular formula is C15H30N2O. The highest BCUT2D eigenvalue weighted by Gasteiger charge is 2.33.